The maximum absolute atomic E-state index is 11.6. The molecule has 1 aromatic rings. The third kappa shape index (κ3) is 2.47. The number of Topliss-reactive ketones (excluding diaryl/α,β-unsaturated/α-hetero) is 1. The highest BCUT2D eigenvalue weighted by molar-refractivity contribution is 6.31. The van der Waals surface area contributed by atoms with Crippen molar-refractivity contribution in [2.75, 3.05) is 20.7 Å². The average Bonchev–Trinajstić information content (AvgIpc) is 2.18. The molecule has 4 heteroatoms. The molecule has 0 aromatic heterocycles. The van der Waals surface area contributed by atoms with Crippen molar-refractivity contribution in [3.05, 3.63) is 28.8 Å². The average molecular weight is 214 g/mol. The van der Waals surface area contributed by atoms with Gasteiger partial charge in [0.1, 0.15) is 5.75 Å². The Kier molecular flexibility index (Phi) is 3.92. The number of benzene rings is 1. The Bertz CT molecular complexity index is 339. The van der Waals surface area contributed by atoms with Crippen molar-refractivity contribution in [1.29, 1.82) is 0 Å². The van der Waals surface area contributed by atoms with Gasteiger partial charge in [-0.05, 0) is 25.2 Å². The summed E-state index contributed by atoms with van der Waals surface area (Å²) in [7, 11) is 3.24. The van der Waals surface area contributed by atoms with Gasteiger partial charge in [0.15, 0.2) is 5.78 Å². The highest BCUT2D eigenvalue weighted by Crippen LogP contribution is 2.22. The number of halogens is 1. The van der Waals surface area contributed by atoms with Gasteiger partial charge in [0.25, 0.3) is 0 Å². The van der Waals surface area contributed by atoms with E-state index in [-0.39, 0.29) is 12.3 Å². The van der Waals surface area contributed by atoms with Crippen LogP contribution in [0.5, 0.6) is 5.75 Å². The van der Waals surface area contributed by atoms with E-state index >= 15 is 0 Å². The molecule has 0 bridgehead atoms. The fraction of sp³-hybridized carbons (Fsp3) is 0.300. The number of likely N-dealkylation sites (N-methyl/N-ethyl adjacent to an activating group) is 1. The van der Waals surface area contributed by atoms with Gasteiger partial charge in [-0.3, -0.25) is 4.79 Å². The van der Waals surface area contributed by atoms with Crippen LogP contribution >= 0.6 is 11.6 Å². The van der Waals surface area contributed by atoms with E-state index < -0.39 is 0 Å². The molecule has 0 unspecified atom stereocenters. The standard InChI is InChI=1S/C10H12ClNO2/c1-12-6-9(13)8-5-7(11)3-4-10(8)14-2/h3-5,12H,6H2,1-2H3. The van der Waals surface area contributed by atoms with Gasteiger partial charge in [0.05, 0.1) is 19.2 Å². The Morgan fingerprint density at radius 1 is 1.57 bits per heavy atom. The lowest BCUT2D eigenvalue weighted by Crippen LogP contribution is -2.19. The summed E-state index contributed by atoms with van der Waals surface area (Å²) in [5.74, 6) is 0.515. The first-order valence-corrected chi connectivity index (χ1v) is 4.58. The van der Waals surface area contributed by atoms with Gasteiger partial charge in [0, 0.05) is 5.02 Å². The molecule has 0 aliphatic carbocycles. The number of methoxy groups -OCH3 is 1. The van der Waals surface area contributed by atoms with Gasteiger partial charge < -0.3 is 10.1 Å². The summed E-state index contributed by atoms with van der Waals surface area (Å²) in [5.41, 5.74) is 0.509. The van der Waals surface area contributed by atoms with Crippen molar-refractivity contribution in [2.45, 2.75) is 0 Å². The van der Waals surface area contributed by atoms with Crippen LogP contribution in [0.3, 0.4) is 0 Å². The van der Waals surface area contributed by atoms with Crippen molar-refractivity contribution in [3.63, 3.8) is 0 Å². The van der Waals surface area contributed by atoms with Crippen LogP contribution in [0.25, 0.3) is 0 Å². The first kappa shape index (κ1) is 11.0. The minimum absolute atomic E-state index is 0.0353. The van der Waals surface area contributed by atoms with Crippen molar-refractivity contribution >= 4 is 17.4 Å². The van der Waals surface area contributed by atoms with Crippen molar-refractivity contribution in [1.82, 2.24) is 5.32 Å². The van der Waals surface area contributed by atoms with Gasteiger partial charge in [-0.25, -0.2) is 0 Å². The van der Waals surface area contributed by atoms with E-state index in [0.717, 1.165) is 0 Å². The van der Waals surface area contributed by atoms with Crippen molar-refractivity contribution in [2.24, 2.45) is 0 Å². The Morgan fingerprint density at radius 3 is 2.86 bits per heavy atom. The van der Waals surface area contributed by atoms with Gasteiger partial charge in [-0.1, -0.05) is 11.6 Å². The fourth-order valence-corrected chi connectivity index (χ4v) is 1.33. The Balaban J connectivity index is 3.03. The van der Waals surface area contributed by atoms with Crippen LogP contribution in [0.1, 0.15) is 10.4 Å². The monoisotopic (exact) mass is 213 g/mol. The number of ketones is 1. The van der Waals surface area contributed by atoms with Gasteiger partial charge >= 0.3 is 0 Å². The SMILES string of the molecule is CNCC(=O)c1cc(Cl)ccc1OC. The molecule has 1 aromatic carbocycles. The summed E-state index contributed by atoms with van der Waals surface area (Å²) in [5, 5.41) is 3.32. The molecule has 0 radical (unpaired) electrons. The number of hydrogen-bond donors (Lipinski definition) is 1. The number of carbonyl (C=O) groups is 1. The zero-order valence-corrected chi connectivity index (χ0v) is 8.89. The second kappa shape index (κ2) is 4.98. The van der Waals surface area contributed by atoms with E-state index in [1.165, 1.54) is 7.11 Å². The van der Waals surface area contributed by atoms with E-state index in [1.54, 1.807) is 25.2 Å². The van der Waals surface area contributed by atoms with Crippen LogP contribution in [-0.2, 0) is 0 Å². The molecule has 0 saturated heterocycles. The molecule has 0 aliphatic rings. The fourth-order valence-electron chi connectivity index (χ4n) is 1.15. The lowest BCUT2D eigenvalue weighted by molar-refractivity contribution is 0.0990. The number of nitrogens with one attached hydrogen (secondary N) is 1. The minimum Gasteiger partial charge on any atom is -0.496 e. The number of ether oxygens (including phenoxy) is 1. The zero-order chi connectivity index (χ0) is 10.6. The third-order valence-corrected chi connectivity index (χ3v) is 2.03. The molecular weight excluding hydrogens is 202 g/mol. The van der Waals surface area contributed by atoms with Crippen LogP contribution in [0, 0.1) is 0 Å². The zero-order valence-electron chi connectivity index (χ0n) is 8.13. The Morgan fingerprint density at radius 2 is 2.29 bits per heavy atom. The summed E-state index contributed by atoms with van der Waals surface area (Å²) in [6, 6.07) is 4.99. The molecule has 0 saturated carbocycles. The molecule has 0 heterocycles. The quantitative estimate of drug-likeness (QED) is 0.775. The first-order valence-electron chi connectivity index (χ1n) is 4.20. The summed E-state index contributed by atoms with van der Waals surface area (Å²) in [4.78, 5) is 11.6. The van der Waals surface area contributed by atoms with E-state index in [0.29, 0.717) is 16.3 Å². The number of hydrogen-bond acceptors (Lipinski definition) is 3. The number of rotatable bonds is 4. The van der Waals surface area contributed by atoms with E-state index in [2.05, 4.69) is 5.32 Å². The summed E-state index contributed by atoms with van der Waals surface area (Å²) in [6.45, 7) is 0.275. The molecular formula is C10H12ClNO2. The largest absolute Gasteiger partial charge is 0.496 e. The summed E-state index contributed by atoms with van der Waals surface area (Å²) in [6.07, 6.45) is 0. The summed E-state index contributed by atoms with van der Waals surface area (Å²) >= 11 is 5.79. The highest BCUT2D eigenvalue weighted by atomic mass is 35.5. The lowest BCUT2D eigenvalue weighted by atomic mass is 10.1. The van der Waals surface area contributed by atoms with Crippen LogP contribution in [0.15, 0.2) is 18.2 Å². The van der Waals surface area contributed by atoms with Crippen molar-refractivity contribution < 1.29 is 9.53 Å². The minimum atomic E-state index is -0.0353. The Hall–Kier alpha value is -1.06. The van der Waals surface area contributed by atoms with Crippen LogP contribution in [0.2, 0.25) is 5.02 Å². The van der Waals surface area contributed by atoms with E-state index in [1.807, 2.05) is 0 Å². The molecule has 14 heavy (non-hydrogen) atoms. The van der Waals surface area contributed by atoms with Crippen LogP contribution in [-0.4, -0.2) is 26.5 Å². The molecule has 1 rings (SSSR count). The first-order chi connectivity index (χ1) is 6.69. The molecule has 1 N–H and O–H groups in total. The topological polar surface area (TPSA) is 38.3 Å². The molecule has 0 fully saturated rings. The Labute approximate surface area is 88.0 Å². The smallest absolute Gasteiger partial charge is 0.180 e. The molecule has 0 amide bonds. The van der Waals surface area contributed by atoms with E-state index in [4.69, 9.17) is 16.3 Å². The van der Waals surface area contributed by atoms with Crippen LogP contribution < -0.4 is 10.1 Å². The predicted octanol–water partition coefficient (Wildman–Crippen LogP) is 1.75. The molecule has 0 atom stereocenters. The normalized spacial score (nSPS) is 9.93. The van der Waals surface area contributed by atoms with E-state index in [9.17, 15) is 4.79 Å². The molecule has 3 nitrogen and oxygen atoms in total. The molecule has 0 aliphatic heterocycles. The highest BCUT2D eigenvalue weighted by Gasteiger charge is 2.11. The number of carbonyl (C=O) groups excluding carboxylic acids is 1. The van der Waals surface area contributed by atoms with Crippen molar-refractivity contribution in [3.8, 4) is 5.75 Å². The lowest BCUT2D eigenvalue weighted by Gasteiger charge is -2.07. The van der Waals surface area contributed by atoms with Gasteiger partial charge in [0.2, 0.25) is 0 Å². The molecule has 76 valence electrons. The van der Waals surface area contributed by atoms with Gasteiger partial charge in [-0.15, -0.1) is 0 Å². The molecule has 0 spiro atoms. The van der Waals surface area contributed by atoms with Crippen LogP contribution in [0.4, 0.5) is 0 Å². The predicted molar refractivity (Wildman–Crippen MR) is 56.3 cm³/mol. The van der Waals surface area contributed by atoms with Gasteiger partial charge in [-0.2, -0.15) is 0 Å². The summed E-state index contributed by atoms with van der Waals surface area (Å²) < 4.78 is 5.06. The second-order valence-electron chi connectivity index (χ2n) is 2.80. The second-order valence-corrected chi connectivity index (χ2v) is 3.23. The maximum Gasteiger partial charge on any atom is 0.180 e. The third-order valence-electron chi connectivity index (χ3n) is 1.80. The maximum atomic E-state index is 11.6.